The maximum atomic E-state index is 11.7. The summed E-state index contributed by atoms with van der Waals surface area (Å²) in [6.45, 7) is 0.640. The highest BCUT2D eigenvalue weighted by Gasteiger charge is 2.22. The predicted molar refractivity (Wildman–Crippen MR) is 58.9 cm³/mol. The minimum absolute atomic E-state index is 0.613. The van der Waals surface area contributed by atoms with Crippen LogP contribution in [0.5, 0.6) is 0 Å². The number of fused-ring (bicyclic) bond motifs is 1. The molecule has 4 heteroatoms. The molecule has 0 spiro atoms. The second-order valence-corrected chi connectivity index (χ2v) is 4.90. The molecule has 0 radical (unpaired) electrons. The van der Waals surface area contributed by atoms with Crippen molar-refractivity contribution in [3.05, 3.63) is 23.8 Å². The normalized spacial score (nSPS) is 19.9. The molecule has 1 unspecified atom stereocenters. The molecule has 2 N–H and O–H groups in total. The van der Waals surface area contributed by atoms with Crippen molar-refractivity contribution in [3.8, 4) is 0 Å². The number of benzene rings is 1. The molecule has 0 aromatic heterocycles. The average molecular weight is 210 g/mol. The smallest absolute Gasteiger partial charge is 0.0982 e. The highest BCUT2D eigenvalue weighted by Crippen LogP contribution is 2.30. The van der Waals surface area contributed by atoms with E-state index in [1.54, 1.807) is 0 Å². The highest BCUT2D eigenvalue weighted by molar-refractivity contribution is 7.85. The largest absolute Gasteiger partial charge is 0.361 e. The maximum Gasteiger partial charge on any atom is 0.0982 e. The lowest BCUT2D eigenvalue weighted by Gasteiger charge is -2.09. The van der Waals surface area contributed by atoms with Crippen LogP contribution in [0.25, 0.3) is 0 Å². The van der Waals surface area contributed by atoms with E-state index in [1.807, 2.05) is 24.1 Å². The van der Waals surface area contributed by atoms with E-state index < -0.39 is 10.8 Å². The fourth-order valence-corrected chi connectivity index (χ4v) is 3.06. The lowest BCUT2D eigenvalue weighted by Crippen LogP contribution is -2.13. The van der Waals surface area contributed by atoms with E-state index in [4.69, 9.17) is 5.73 Å². The van der Waals surface area contributed by atoms with E-state index >= 15 is 0 Å². The van der Waals surface area contributed by atoms with E-state index in [9.17, 15) is 4.21 Å². The van der Waals surface area contributed by atoms with Gasteiger partial charge >= 0.3 is 0 Å². The van der Waals surface area contributed by atoms with Gasteiger partial charge in [0.2, 0.25) is 0 Å². The van der Waals surface area contributed by atoms with Gasteiger partial charge in [-0.3, -0.25) is 4.21 Å². The van der Waals surface area contributed by atoms with Crippen molar-refractivity contribution in [1.29, 1.82) is 0 Å². The summed E-state index contributed by atoms with van der Waals surface area (Å²) in [4.78, 5) is 2.98. The Morgan fingerprint density at radius 2 is 2.36 bits per heavy atom. The Bertz CT molecular complexity index is 378. The molecule has 0 saturated carbocycles. The third-order valence-corrected chi connectivity index (χ3v) is 3.86. The molecule has 1 atom stereocenters. The van der Waals surface area contributed by atoms with Crippen LogP contribution in [0.3, 0.4) is 0 Å². The first-order valence-corrected chi connectivity index (χ1v) is 5.97. The third-order valence-electron chi connectivity index (χ3n) is 2.42. The van der Waals surface area contributed by atoms with Gasteiger partial charge in [-0.2, -0.15) is 0 Å². The molecular weight excluding hydrogens is 196 g/mol. The monoisotopic (exact) mass is 210 g/mol. The van der Waals surface area contributed by atoms with Gasteiger partial charge < -0.3 is 10.6 Å². The number of nitrogens with zero attached hydrogens (tertiary/aromatic N) is 1. The van der Waals surface area contributed by atoms with Gasteiger partial charge in [-0.25, -0.2) is 0 Å². The van der Waals surface area contributed by atoms with Crippen LogP contribution in [-0.4, -0.2) is 23.7 Å². The molecule has 1 aromatic rings. The molecule has 76 valence electrons. The second-order valence-electron chi connectivity index (χ2n) is 3.51. The number of nitrogens with two attached hydrogens (primary N) is 1. The van der Waals surface area contributed by atoms with Gasteiger partial charge in [0, 0.05) is 7.05 Å². The summed E-state index contributed by atoms with van der Waals surface area (Å²) < 4.78 is 11.7. The van der Waals surface area contributed by atoms with Crippen LogP contribution in [0.4, 0.5) is 5.69 Å². The van der Waals surface area contributed by atoms with Gasteiger partial charge in [0.05, 0.1) is 27.3 Å². The van der Waals surface area contributed by atoms with Gasteiger partial charge in [0.25, 0.3) is 0 Å². The Balaban J connectivity index is 2.39. The molecule has 0 amide bonds. The Kier molecular flexibility index (Phi) is 2.56. The van der Waals surface area contributed by atoms with Crippen LogP contribution in [0.1, 0.15) is 5.56 Å². The van der Waals surface area contributed by atoms with Gasteiger partial charge in [-0.15, -0.1) is 0 Å². The maximum absolute atomic E-state index is 11.7. The molecule has 0 fully saturated rings. The lowest BCUT2D eigenvalue weighted by atomic mass is 10.1. The SMILES string of the molecule is CN1CS(=O)c2cc(CCN)ccc21. The first-order valence-electron chi connectivity index (χ1n) is 4.65. The quantitative estimate of drug-likeness (QED) is 0.781. The zero-order valence-corrected chi connectivity index (χ0v) is 9.01. The van der Waals surface area contributed by atoms with Gasteiger partial charge in [-0.05, 0) is 30.7 Å². The summed E-state index contributed by atoms with van der Waals surface area (Å²) in [5.74, 6) is 0.613. The standard InChI is InChI=1S/C10H14N2OS/c1-12-7-14(13)10-6-8(4-5-11)2-3-9(10)12/h2-3,6H,4-5,7,11H2,1H3. The molecule has 1 heterocycles. The van der Waals surface area contributed by atoms with E-state index in [-0.39, 0.29) is 0 Å². The summed E-state index contributed by atoms with van der Waals surface area (Å²) in [7, 11) is 1.11. The molecule has 1 aromatic carbocycles. The van der Waals surface area contributed by atoms with Crippen molar-refractivity contribution in [2.45, 2.75) is 11.3 Å². The minimum Gasteiger partial charge on any atom is -0.361 e. The fraction of sp³-hybridized carbons (Fsp3) is 0.400. The summed E-state index contributed by atoms with van der Waals surface area (Å²) in [6.07, 6.45) is 0.855. The van der Waals surface area contributed by atoms with E-state index in [1.165, 1.54) is 5.56 Å². The van der Waals surface area contributed by atoms with E-state index in [2.05, 4.69) is 6.07 Å². The number of rotatable bonds is 2. The Hall–Kier alpha value is -0.870. The van der Waals surface area contributed by atoms with Crippen LogP contribution in [0.15, 0.2) is 23.1 Å². The molecule has 14 heavy (non-hydrogen) atoms. The topological polar surface area (TPSA) is 46.3 Å². The van der Waals surface area contributed by atoms with Gasteiger partial charge in [0.15, 0.2) is 0 Å². The molecule has 2 rings (SSSR count). The number of anilines is 1. The summed E-state index contributed by atoms with van der Waals surface area (Å²) >= 11 is 0. The van der Waals surface area contributed by atoms with Crippen LogP contribution in [-0.2, 0) is 17.2 Å². The molecule has 0 aliphatic carbocycles. The van der Waals surface area contributed by atoms with Crippen molar-refractivity contribution in [2.24, 2.45) is 5.73 Å². The third kappa shape index (κ3) is 1.55. The average Bonchev–Trinajstić information content (AvgIpc) is 2.43. The highest BCUT2D eigenvalue weighted by atomic mass is 32.2. The Morgan fingerprint density at radius 3 is 3.07 bits per heavy atom. The Labute approximate surface area is 86.4 Å². The van der Waals surface area contributed by atoms with Crippen molar-refractivity contribution in [1.82, 2.24) is 0 Å². The lowest BCUT2D eigenvalue weighted by molar-refractivity contribution is 0.685. The van der Waals surface area contributed by atoms with Crippen molar-refractivity contribution < 1.29 is 4.21 Å². The summed E-state index contributed by atoms with van der Waals surface area (Å²) in [5, 5.41) is 0. The molecule has 0 saturated heterocycles. The zero-order chi connectivity index (χ0) is 10.1. The minimum atomic E-state index is -0.857. The second kappa shape index (κ2) is 3.71. The van der Waals surface area contributed by atoms with Crippen molar-refractivity contribution in [2.75, 3.05) is 24.4 Å². The summed E-state index contributed by atoms with van der Waals surface area (Å²) in [6, 6.07) is 6.11. The van der Waals surface area contributed by atoms with Crippen molar-refractivity contribution in [3.63, 3.8) is 0 Å². The Morgan fingerprint density at radius 1 is 1.57 bits per heavy atom. The molecule has 1 aliphatic heterocycles. The van der Waals surface area contributed by atoms with Crippen molar-refractivity contribution >= 4 is 16.5 Å². The predicted octanol–water partition coefficient (Wildman–Crippen LogP) is 0.703. The first-order chi connectivity index (χ1) is 6.72. The fourth-order valence-electron chi connectivity index (χ4n) is 1.69. The van der Waals surface area contributed by atoms with Crippen LogP contribution < -0.4 is 10.6 Å². The molecule has 0 bridgehead atoms. The van der Waals surface area contributed by atoms with Gasteiger partial charge in [-0.1, -0.05) is 6.07 Å². The van der Waals surface area contributed by atoms with Gasteiger partial charge in [0.1, 0.15) is 0 Å². The molecule has 3 nitrogen and oxygen atoms in total. The molecule has 1 aliphatic rings. The zero-order valence-electron chi connectivity index (χ0n) is 8.19. The van der Waals surface area contributed by atoms with Crippen LogP contribution in [0, 0.1) is 0 Å². The van der Waals surface area contributed by atoms with Crippen LogP contribution in [0.2, 0.25) is 0 Å². The summed E-state index contributed by atoms with van der Waals surface area (Å²) in [5.41, 5.74) is 7.74. The number of hydrogen-bond donors (Lipinski definition) is 1. The molecular formula is C10H14N2OS. The van der Waals surface area contributed by atoms with E-state index in [0.29, 0.717) is 12.4 Å². The van der Waals surface area contributed by atoms with E-state index in [0.717, 1.165) is 17.0 Å². The number of hydrogen-bond acceptors (Lipinski definition) is 3. The van der Waals surface area contributed by atoms with Crippen LogP contribution >= 0.6 is 0 Å². The first kappa shape index (κ1) is 9.68.